The molecule has 1 aliphatic rings. The van der Waals surface area contributed by atoms with Crippen LogP contribution in [0.15, 0.2) is 83.5 Å². The first-order chi connectivity index (χ1) is 18.8. The summed E-state index contributed by atoms with van der Waals surface area (Å²) in [5.41, 5.74) is 3.40. The molecule has 0 fully saturated rings. The number of nitrogens with one attached hydrogen (secondary N) is 2. The number of carboxylic acids is 1. The van der Waals surface area contributed by atoms with Gasteiger partial charge in [-0.3, -0.25) is 4.79 Å². The Bertz CT molecular complexity index is 1470. The second-order valence-corrected chi connectivity index (χ2v) is 9.87. The molecule has 1 heterocycles. The van der Waals surface area contributed by atoms with Crippen LogP contribution in [0.4, 0.5) is 5.69 Å². The lowest BCUT2D eigenvalue weighted by atomic mass is 9.88. The van der Waals surface area contributed by atoms with Crippen LogP contribution in [0.25, 0.3) is 0 Å². The zero-order chi connectivity index (χ0) is 27.4. The fourth-order valence-electron chi connectivity index (χ4n) is 4.64. The van der Waals surface area contributed by atoms with Crippen molar-refractivity contribution in [1.29, 1.82) is 0 Å². The highest BCUT2D eigenvalue weighted by Crippen LogP contribution is 2.31. The summed E-state index contributed by atoms with van der Waals surface area (Å²) in [5, 5.41) is 26.8. The topological polar surface area (TPSA) is 121 Å². The van der Waals surface area contributed by atoms with E-state index in [1.165, 1.54) is 30.0 Å². The molecule has 39 heavy (non-hydrogen) atoms. The van der Waals surface area contributed by atoms with E-state index in [0.717, 1.165) is 30.4 Å². The Labute approximate surface area is 230 Å². The van der Waals surface area contributed by atoms with Crippen molar-refractivity contribution in [2.45, 2.75) is 31.4 Å². The summed E-state index contributed by atoms with van der Waals surface area (Å²) in [6, 6.07) is 20.6. The van der Waals surface area contributed by atoms with Gasteiger partial charge in [0.05, 0.1) is 17.9 Å². The molecule has 0 aliphatic heterocycles. The fraction of sp³-hybridized carbons (Fsp3) is 0.200. The van der Waals surface area contributed by atoms with Crippen molar-refractivity contribution >= 4 is 29.2 Å². The minimum Gasteiger partial charge on any atom is -0.478 e. The number of benzene rings is 3. The van der Waals surface area contributed by atoms with Gasteiger partial charge in [-0.15, -0.1) is 0 Å². The number of aliphatic hydroxyl groups excluding tert-OH is 1. The minimum atomic E-state index is -1.14. The zero-order valence-corrected chi connectivity index (χ0v) is 21.6. The third-order valence-electron chi connectivity index (χ3n) is 6.65. The number of amides is 1. The van der Waals surface area contributed by atoms with Gasteiger partial charge in [0.25, 0.3) is 5.91 Å². The summed E-state index contributed by atoms with van der Waals surface area (Å²) in [5.74, 6) is -0.699. The Hall–Kier alpha value is -4.11. The van der Waals surface area contributed by atoms with Crippen molar-refractivity contribution in [3.8, 4) is 11.5 Å². The summed E-state index contributed by atoms with van der Waals surface area (Å²) < 4.78 is 11.1. The number of aromatic carboxylic acids is 1. The number of aliphatic hydroxyl groups is 1. The molecule has 0 unspecified atom stereocenters. The molecule has 4 N–H and O–H groups in total. The monoisotopic (exact) mass is 546 g/mol. The molecule has 1 aromatic heterocycles. The van der Waals surface area contributed by atoms with Gasteiger partial charge in [-0.2, -0.15) is 0 Å². The third kappa shape index (κ3) is 6.67. The van der Waals surface area contributed by atoms with Crippen molar-refractivity contribution in [3.05, 3.63) is 112 Å². The molecule has 4 aromatic rings. The van der Waals surface area contributed by atoms with Crippen molar-refractivity contribution < 1.29 is 29.0 Å². The van der Waals surface area contributed by atoms with Crippen LogP contribution in [0.2, 0.25) is 5.02 Å². The van der Waals surface area contributed by atoms with E-state index in [0.29, 0.717) is 17.3 Å². The number of carbonyl (C=O) groups is 2. The Kier molecular flexibility index (Phi) is 7.97. The number of furan rings is 1. The first-order valence-corrected chi connectivity index (χ1v) is 12.9. The van der Waals surface area contributed by atoms with Crippen LogP contribution in [0.3, 0.4) is 0 Å². The van der Waals surface area contributed by atoms with E-state index in [2.05, 4.69) is 10.6 Å². The predicted octanol–water partition coefficient (Wildman–Crippen LogP) is 5.86. The van der Waals surface area contributed by atoms with Gasteiger partial charge in [0, 0.05) is 29.4 Å². The Morgan fingerprint density at radius 1 is 1.03 bits per heavy atom. The van der Waals surface area contributed by atoms with Crippen molar-refractivity contribution in [3.63, 3.8) is 0 Å². The summed E-state index contributed by atoms with van der Waals surface area (Å²) in [7, 11) is 0. The maximum Gasteiger partial charge on any atom is 0.335 e. The van der Waals surface area contributed by atoms with Crippen LogP contribution in [-0.4, -0.2) is 34.7 Å². The predicted molar refractivity (Wildman–Crippen MR) is 147 cm³/mol. The van der Waals surface area contributed by atoms with Crippen LogP contribution in [-0.2, 0) is 12.8 Å². The Balaban J connectivity index is 1.26. The van der Waals surface area contributed by atoms with Gasteiger partial charge in [-0.05, 0) is 84.5 Å². The number of hydrogen-bond donors (Lipinski definition) is 4. The molecule has 3 aromatic carbocycles. The molecule has 9 heteroatoms. The maximum atomic E-state index is 12.4. The van der Waals surface area contributed by atoms with Crippen molar-refractivity contribution in [2.75, 3.05) is 11.9 Å². The highest BCUT2D eigenvalue weighted by molar-refractivity contribution is 6.30. The Morgan fingerprint density at radius 2 is 1.85 bits per heavy atom. The second kappa shape index (κ2) is 11.7. The maximum absolute atomic E-state index is 12.4. The summed E-state index contributed by atoms with van der Waals surface area (Å²) in [4.78, 5) is 24.1. The van der Waals surface area contributed by atoms with Gasteiger partial charge in [0.2, 0.25) is 0 Å². The van der Waals surface area contributed by atoms with E-state index in [1.807, 2.05) is 30.3 Å². The largest absolute Gasteiger partial charge is 0.478 e. The standard InChI is InChI=1S/C30H27ClN2O6/c31-22-7-3-19(4-8-22)27(34)17-32-23-9-5-18-6-10-25(14-20(18)12-23)39-26-15-21(30(36)37)13-24(16-26)33-29(35)28-2-1-11-38-28/h1-4,6-8,10-11,13-16,23,27,32,34H,5,9,12,17H2,(H,33,35)(H,36,37)/t23-,27-/m0/s1. The minimum absolute atomic E-state index is 0.0243. The average molecular weight is 547 g/mol. The molecule has 0 spiro atoms. The summed E-state index contributed by atoms with van der Waals surface area (Å²) in [6.45, 7) is 0.423. The third-order valence-corrected chi connectivity index (χ3v) is 6.90. The van der Waals surface area contributed by atoms with Gasteiger partial charge in [-0.25, -0.2) is 4.79 Å². The van der Waals surface area contributed by atoms with Crippen molar-refractivity contribution in [2.24, 2.45) is 0 Å². The van der Waals surface area contributed by atoms with Gasteiger partial charge < -0.3 is 30.0 Å². The number of anilines is 1. The normalized spacial score (nSPS) is 15.3. The number of fused-ring (bicyclic) bond motifs is 1. The summed E-state index contributed by atoms with van der Waals surface area (Å²) >= 11 is 5.94. The molecule has 8 nitrogen and oxygen atoms in total. The van der Waals surface area contributed by atoms with Crippen LogP contribution in [0.1, 0.15) is 50.1 Å². The molecule has 200 valence electrons. The van der Waals surface area contributed by atoms with Crippen molar-refractivity contribution in [1.82, 2.24) is 5.32 Å². The first kappa shape index (κ1) is 26.5. The SMILES string of the molecule is O=C(O)c1cc(NC(=O)c2ccco2)cc(Oc2ccc3c(c2)C[C@@H](NC[C@H](O)c2ccc(Cl)cc2)CC3)c1. The molecule has 0 radical (unpaired) electrons. The first-order valence-electron chi connectivity index (χ1n) is 12.5. The quantitative estimate of drug-likeness (QED) is 0.207. The van der Waals surface area contributed by atoms with Gasteiger partial charge >= 0.3 is 5.97 Å². The van der Waals surface area contributed by atoms with Crippen LogP contribution in [0, 0.1) is 0 Å². The fourth-order valence-corrected chi connectivity index (χ4v) is 4.77. The van der Waals surface area contributed by atoms with Gasteiger partial charge in [0.1, 0.15) is 11.5 Å². The number of rotatable bonds is 9. The van der Waals surface area contributed by atoms with E-state index in [1.54, 1.807) is 24.3 Å². The smallest absolute Gasteiger partial charge is 0.335 e. The molecule has 0 saturated heterocycles. The lowest BCUT2D eigenvalue weighted by Crippen LogP contribution is -2.37. The van der Waals surface area contributed by atoms with E-state index >= 15 is 0 Å². The average Bonchev–Trinajstić information content (AvgIpc) is 3.47. The number of ether oxygens (including phenoxy) is 1. The lowest BCUT2D eigenvalue weighted by Gasteiger charge is -2.27. The second-order valence-electron chi connectivity index (χ2n) is 9.43. The van der Waals surface area contributed by atoms with E-state index in [-0.39, 0.29) is 28.8 Å². The van der Waals surface area contributed by atoms with E-state index in [4.69, 9.17) is 20.8 Å². The molecular formula is C30H27ClN2O6. The lowest BCUT2D eigenvalue weighted by molar-refractivity contribution is 0.0696. The van der Waals surface area contributed by atoms with E-state index < -0.39 is 18.0 Å². The molecule has 0 saturated carbocycles. The number of carboxylic acid groups (broad SMARTS) is 1. The molecular weight excluding hydrogens is 520 g/mol. The highest BCUT2D eigenvalue weighted by Gasteiger charge is 2.21. The Morgan fingerprint density at radius 3 is 2.59 bits per heavy atom. The summed E-state index contributed by atoms with van der Waals surface area (Å²) in [6.07, 6.45) is 3.35. The molecule has 1 amide bonds. The van der Waals surface area contributed by atoms with Gasteiger partial charge in [0.15, 0.2) is 5.76 Å². The van der Waals surface area contributed by atoms with E-state index in [9.17, 15) is 19.8 Å². The van der Waals surface area contributed by atoms with Crippen LogP contribution < -0.4 is 15.4 Å². The highest BCUT2D eigenvalue weighted by atomic mass is 35.5. The number of aryl methyl sites for hydroxylation is 1. The zero-order valence-electron chi connectivity index (χ0n) is 20.9. The van der Waals surface area contributed by atoms with Crippen LogP contribution >= 0.6 is 11.6 Å². The number of halogens is 1. The molecule has 5 rings (SSSR count). The molecule has 1 aliphatic carbocycles. The van der Waals surface area contributed by atoms with Crippen LogP contribution in [0.5, 0.6) is 11.5 Å². The van der Waals surface area contributed by atoms with Gasteiger partial charge in [-0.1, -0.05) is 29.8 Å². The number of hydrogen-bond acceptors (Lipinski definition) is 6. The number of carbonyl (C=O) groups excluding carboxylic acids is 1. The molecule has 0 bridgehead atoms. The molecule has 2 atom stereocenters.